The van der Waals surface area contributed by atoms with Gasteiger partial charge in [0, 0.05) is 5.69 Å². The van der Waals surface area contributed by atoms with Gasteiger partial charge in [-0.2, -0.15) is 0 Å². The first-order valence-electron chi connectivity index (χ1n) is 8.87. The van der Waals surface area contributed by atoms with E-state index in [4.69, 9.17) is 0 Å². The monoisotopic (exact) mass is 319 g/mol. The number of hydrogen-bond acceptors (Lipinski definition) is 2. The van der Waals surface area contributed by atoms with Gasteiger partial charge in [0.15, 0.2) is 0 Å². The largest absolute Gasteiger partial charge is 0.380 e. The van der Waals surface area contributed by atoms with Crippen LogP contribution in [0.4, 0.5) is 5.69 Å². The molecule has 0 aliphatic rings. The summed E-state index contributed by atoms with van der Waals surface area (Å²) in [5, 5.41) is 13.5. The van der Waals surface area contributed by atoms with Crippen molar-refractivity contribution in [1.82, 2.24) is 0 Å². The zero-order valence-corrected chi connectivity index (χ0v) is 15.6. The first-order valence-corrected chi connectivity index (χ1v) is 8.87. The number of carbonyl (C=O) groups is 1. The minimum atomic E-state index is -1.33. The molecular formula is C20H33NO2. The summed E-state index contributed by atoms with van der Waals surface area (Å²) in [6.45, 7) is 12.2. The Balaban J connectivity index is 3.04. The van der Waals surface area contributed by atoms with E-state index in [2.05, 4.69) is 52.1 Å². The molecule has 23 heavy (non-hydrogen) atoms. The number of anilines is 1. The molecule has 0 bridgehead atoms. The molecule has 0 aliphatic heterocycles. The molecule has 0 fully saturated rings. The van der Waals surface area contributed by atoms with E-state index in [-0.39, 0.29) is 5.91 Å². The van der Waals surface area contributed by atoms with Crippen molar-refractivity contribution in [2.45, 2.75) is 84.7 Å². The third-order valence-corrected chi connectivity index (χ3v) is 4.37. The molecule has 0 saturated carbocycles. The Bertz CT molecular complexity index is 492. The second-order valence-electron chi connectivity index (χ2n) is 7.31. The fourth-order valence-corrected chi connectivity index (χ4v) is 2.78. The molecule has 3 nitrogen and oxygen atoms in total. The van der Waals surface area contributed by atoms with Crippen LogP contribution in [0.5, 0.6) is 0 Å². The van der Waals surface area contributed by atoms with Gasteiger partial charge in [0.1, 0.15) is 5.60 Å². The van der Waals surface area contributed by atoms with Crippen molar-refractivity contribution in [3.63, 3.8) is 0 Å². The van der Waals surface area contributed by atoms with Crippen LogP contribution in [0.1, 0.15) is 90.2 Å². The molecule has 0 aliphatic carbocycles. The summed E-state index contributed by atoms with van der Waals surface area (Å²) in [6, 6.07) is 6.15. The van der Waals surface area contributed by atoms with Crippen molar-refractivity contribution in [1.29, 1.82) is 0 Å². The molecule has 130 valence electrons. The lowest BCUT2D eigenvalue weighted by molar-refractivity contribution is -0.133. The van der Waals surface area contributed by atoms with Crippen LogP contribution in [0.15, 0.2) is 18.2 Å². The Hall–Kier alpha value is -1.35. The average molecular weight is 319 g/mol. The van der Waals surface area contributed by atoms with Crippen molar-refractivity contribution in [3.8, 4) is 0 Å². The zero-order valence-electron chi connectivity index (χ0n) is 15.6. The van der Waals surface area contributed by atoms with E-state index in [9.17, 15) is 9.90 Å². The fourth-order valence-electron chi connectivity index (χ4n) is 2.78. The second kappa shape index (κ2) is 8.49. The number of amides is 1. The van der Waals surface area contributed by atoms with E-state index >= 15 is 0 Å². The van der Waals surface area contributed by atoms with Crippen molar-refractivity contribution >= 4 is 11.6 Å². The van der Waals surface area contributed by atoms with Crippen LogP contribution in [0, 0.1) is 0 Å². The molecule has 0 heterocycles. The maximum absolute atomic E-state index is 12.6. The predicted octanol–water partition coefficient (Wildman–Crippen LogP) is 5.20. The standard InChI is InChI=1S/C20H33NO2/c1-7-8-9-13-20(6,23)19(22)21-18-16(14(2)3)11-10-12-17(18)15(4)5/h10-12,14-15,23H,7-9,13H2,1-6H3,(H,21,22)/t20-/m0/s1. The van der Waals surface area contributed by atoms with E-state index in [0.717, 1.165) is 36.1 Å². The summed E-state index contributed by atoms with van der Waals surface area (Å²) in [5.41, 5.74) is 1.79. The summed E-state index contributed by atoms with van der Waals surface area (Å²) in [7, 11) is 0. The highest BCUT2D eigenvalue weighted by molar-refractivity contribution is 5.98. The molecule has 1 aromatic rings. The summed E-state index contributed by atoms with van der Waals surface area (Å²) in [5.74, 6) is 0.326. The third kappa shape index (κ3) is 5.35. The number of aliphatic hydroxyl groups is 1. The lowest BCUT2D eigenvalue weighted by atomic mass is 9.91. The molecule has 1 rings (SSSR count). The molecule has 0 unspecified atom stereocenters. The molecule has 2 N–H and O–H groups in total. The van der Waals surface area contributed by atoms with Gasteiger partial charge in [-0.05, 0) is 36.3 Å². The smallest absolute Gasteiger partial charge is 0.256 e. The normalized spacial score (nSPS) is 14.1. The highest BCUT2D eigenvalue weighted by atomic mass is 16.3. The van der Waals surface area contributed by atoms with E-state index in [1.165, 1.54) is 0 Å². The van der Waals surface area contributed by atoms with Gasteiger partial charge >= 0.3 is 0 Å². The zero-order chi connectivity index (χ0) is 17.6. The number of para-hydroxylation sites is 1. The van der Waals surface area contributed by atoms with Crippen LogP contribution in [0.2, 0.25) is 0 Å². The number of unbranched alkanes of at least 4 members (excludes halogenated alkanes) is 2. The SMILES string of the molecule is CCCCC[C@](C)(O)C(=O)Nc1c(C(C)C)cccc1C(C)C. The highest BCUT2D eigenvalue weighted by Crippen LogP contribution is 2.33. The lowest BCUT2D eigenvalue weighted by Gasteiger charge is -2.26. The third-order valence-electron chi connectivity index (χ3n) is 4.37. The molecule has 0 radical (unpaired) electrons. The molecule has 1 amide bonds. The minimum absolute atomic E-state index is 0.302. The molecule has 1 atom stereocenters. The summed E-state index contributed by atoms with van der Waals surface area (Å²) >= 11 is 0. The number of nitrogens with one attached hydrogen (secondary N) is 1. The summed E-state index contributed by atoms with van der Waals surface area (Å²) in [6.07, 6.45) is 3.46. The summed E-state index contributed by atoms with van der Waals surface area (Å²) < 4.78 is 0. The van der Waals surface area contributed by atoms with Crippen LogP contribution in [-0.2, 0) is 4.79 Å². The van der Waals surface area contributed by atoms with E-state index < -0.39 is 5.60 Å². The molecule has 3 heteroatoms. The highest BCUT2D eigenvalue weighted by Gasteiger charge is 2.30. The molecule has 0 saturated heterocycles. The quantitative estimate of drug-likeness (QED) is 0.647. The minimum Gasteiger partial charge on any atom is -0.380 e. The van der Waals surface area contributed by atoms with Gasteiger partial charge in [-0.3, -0.25) is 4.79 Å². The van der Waals surface area contributed by atoms with Crippen LogP contribution >= 0.6 is 0 Å². The van der Waals surface area contributed by atoms with E-state index in [0.29, 0.717) is 18.3 Å². The number of benzene rings is 1. The van der Waals surface area contributed by atoms with Crippen LogP contribution in [-0.4, -0.2) is 16.6 Å². The van der Waals surface area contributed by atoms with Crippen LogP contribution < -0.4 is 5.32 Å². The van der Waals surface area contributed by atoms with Crippen molar-refractivity contribution < 1.29 is 9.90 Å². The van der Waals surface area contributed by atoms with Gasteiger partial charge in [0.05, 0.1) is 0 Å². The first kappa shape index (κ1) is 19.7. The molecular weight excluding hydrogens is 286 g/mol. The van der Waals surface area contributed by atoms with Crippen molar-refractivity contribution in [2.24, 2.45) is 0 Å². The van der Waals surface area contributed by atoms with Gasteiger partial charge in [0.25, 0.3) is 5.91 Å². The Labute approximate surface area is 141 Å². The maximum Gasteiger partial charge on any atom is 0.256 e. The Morgan fingerprint density at radius 3 is 2.09 bits per heavy atom. The second-order valence-corrected chi connectivity index (χ2v) is 7.31. The van der Waals surface area contributed by atoms with Gasteiger partial charge in [0.2, 0.25) is 0 Å². The predicted molar refractivity (Wildman–Crippen MR) is 98.0 cm³/mol. The van der Waals surface area contributed by atoms with Crippen LogP contribution in [0.25, 0.3) is 0 Å². The average Bonchev–Trinajstić information content (AvgIpc) is 2.46. The van der Waals surface area contributed by atoms with Crippen molar-refractivity contribution in [3.05, 3.63) is 29.3 Å². The van der Waals surface area contributed by atoms with Crippen LogP contribution in [0.3, 0.4) is 0 Å². The van der Waals surface area contributed by atoms with Gasteiger partial charge in [-0.15, -0.1) is 0 Å². The number of rotatable bonds is 8. The van der Waals surface area contributed by atoms with Gasteiger partial charge in [-0.25, -0.2) is 0 Å². The Morgan fingerprint density at radius 1 is 1.13 bits per heavy atom. The lowest BCUT2D eigenvalue weighted by Crippen LogP contribution is -2.40. The van der Waals surface area contributed by atoms with E-state index in [1.807, 2.05) is 6.07 Å². The number of hydrogen-bond donors (Lipinski definition) is 2. The first-order chi connectivity index (χ1) is 10.7. The molecule has 1 aromatic carbocycles. The Morgan fingerprint density at radius 2 is 1.65 bits per heavy atom. The van der Waals surface area contributed by atoms with E-state index in [1.54, 1.807) is 6.92 Å². The number of carbonyl (C=O) groups excluding carboxylic acids is 1. The van der Waals surface area contributed by atoms with Crippen molar-refractivity contribution in [2.75, 3.05) is 5.32 Å². The summed E-state index contributed by atoms with van der Waals surface area (Å²) in [4.78, 5) is 12.6. The topological polar surface area (TPSA) is 49.3 Å². The molecule has 0 spiro atoms. The maximum atomic E-state index is 12.6. The fraction of sp³-hybridized carbons (Fsp3) is 0.650. The molecule has 0 aromatic heterocycles. The van der Waals surface area contributed by atoms with Gasteiger partial charge < -0.3 is 10.4 Å². The Kier molecular flexibility index (Phi) is 7.27. The van der Waals surface area contributed by atoms with Gasteiger partial charge in [-0.1, -0.05) is 72.1 Å².